The molecule has 3 aromatic rings. The van der Waals surface area contributed by atoms with Crippen molar-refractivity contribution >= 4 is 0 Å². The average molecular weight is 338 g/mol. The highest BCUT2D eigenvalue weighted by Crippen LogP contribution is 2.23. The first-order valence-electron chi connectivity index (χ1n) is 8.67. The summed E-state index contributed by atoms with van der Waals surface area (Å²) in [4.78, 5) is 11.5. The Hall–Kier alpha value is -2.40. The van der Waals surface area contributed by atoms with E-state index >= 15 is 0 Å². The summed E-state index contributed by atoms with van der Waals surface area (Å²) in [5.41, 5.74) is 3.23. The van der Waals surface area contributed by atoms with Crippen LogP contribution >= 0.6 is 0 Å². The molecule has 0 aliphatic heterocycles. The molecule has 25 heavy (non-hydrogen) atoms. The van der Waals surface area contributed by atoms with Gasteiger partial charge in [-0.3, -0.25) is 4.90 Å². The number of benzene rings is 1. The summed E-state index contributed by atoms with van der Waals surface area (Å²) in [6, 6.07) is 8.65. The van der Waals surface area contributed by atoms with Crippen LogP contribution in [0.3, 0.4) is 0 Å². The van der Waals surface area contributed by atoms with Crippen LogP contribution in [0.4, 0.5) is 0 Å². The van der Waals surface area contributed by atoms with Crippen molar-refractivity contribution in [2.24, 2.45) is 7.05 Å². The van der Waals surface area contributed by atoms with Crippen LogP contribution in [0.1, 0.15) is 36.7 Å². The van der Waals surface area contributed by atoms with Gasteiger partial charge < -0.3 is 8.98 Å². The van der Waals surface area contributed by atoms with Crippen LogP contribution < -0.4 is 0 Å². The Morgan fingerprint density at radius 3 is 2.44 bits per heavy atom. The zero-order valence-electron chi connectivity index (χ0n) is 15.7. The Balaban J connectivity index is 1.80. The highest BCUT2D eigenvalue weighted by molar-refractivity contribution is 5.54. The lowest BCUT2D eigenvalue weighted by Crippen LogP contribution is -2.31. The van der Waals surface area contributed by atoms with Crippen molar-refractivity contribution in [1.82, 2.24) is 19.4 Å². The molecule has 0 aliphatic rings. The van der Waals surface area contributed by atoms with Crippen molar-refractivity contribution in [3.05, 3.63) is 59.5 Å². The van der Waals surface area contributed by atoms with Gasteiger partial charge in [-0.2, -0.15) is 0 Å². The van der Waals surface area contributed by atoms with Crippen LogP contribution in [-0.4, -0.2) is 25.5 Å². The summed E-state index contributed by atoms with van der Waals surface area (Å²) in [6.45, 7) is 9.98. The first-order chi connectivity index (χ1) is 11.9. The lowest BCUT2D eigenvalue weighted by Gasteiger charge is -2.25. The molecule has 2 aromatic heterocycles. The third-order valence-electron chi connectivity index (χ3n) is 4.54. The number of aryl methyl sites for hydroxylation is 3. The first kappa shape index (κ1) is 17.4. The van der Waals surface area contributed by atoms with Gasteiger partial charge in [-0.15, -0.1) is 0 Å². The quantitative estimate of drug-likeness (QED) is 0.679. The van der Waals surface area contributed by atoms with Gasteiger partial charge in [-0.05, 0) is 39.8 Å². The predicted octanol–water partition coefficient (Wildman–Crippen LogP) is 4.10. The van der Waals surface area contributed by atoms with Crippen molar-refractivity contribution in [3.8, 4) is 11.5 Å². The number of rotatable bonds is 6. The number of oxazole rings is 1. The van der Waals surface area contributed by atoms with Gasteiger partial charge in [-0.25, -0.2) is 9.97 Å². The van der Waals surface area contributed by atoms with E-state index in [0.29, 0.717) is 11.9 Å². The lowest BCUT2D eigenvalue weighted by molar-refractivity contribution is 0.193. The Kier molecular flexibility index (Phi) is 5.04. The summed E-state index contributed by atoms with van der Waals surface area (Å²) >= 11 is 0. The normalized spacial score (nSPS) is 11.6. The molecule has 0 unspecified atom stereocenters. The minimum Gasteiger partial charge on any atom is -0.441 e. The first-order valence-corrected chi connectivity index (χ1v) is 8.67. The third-order valence-corrected chi connectivity index (χ3v) is 4.54. The number of hydrogen-bond donors (Lipinski definition) is 0. The Labute approximate surface area is 149 Å². The molecule has 0 amide bonds. The maximum atomic E-state index is 5.92. The predicted molar refractivity (Wildman–Crippen MR) is 99.0 cm³/mol. The molecule has 1 aromatic carbocycles. The Bertz CT molecular complexity index is 830. The van der Waals surface area contributed by atoms with E-state index in [0.717, 1.165) is 35.9 Å². The molecule has 132 valence electrons. The monoisotopic (exact) mass is 338 g/mol. The molecule has 0 spiro atoms. The van der Waals surface area contributed by atoms with Crippen LogP contribution in [-0.2, 0) is 20.1 Å². The minimum absolute atomic E-state index is 0.385. The molecule has 3 rings (SSSR count). The minimum atomic E-state index is 0.385. The van der Waals surface area contributed by atoms with E-state index in [2.05, 4.69) is 59.5 Å². The second-order valence-corrected chi connectivity index (χ2v) is 6.84. The molecule has 0 saturated carbocycles. The summed E-state index contributed by atoms with van der Waals surface area (Å²) in [6.07, 6.45) is 3.81. The second kappa shape index (κ2) is 7.23. The van der Waals surface area contributed by atoms with E-state index < -0.39 is 0 Å². The number of imidazole rings is 1. The smallest absolute Gasteiger partial charge is 0.226 e. The summed E-state index contributed by atoms with van der Waals surface area (Å²) < 4.78 is 7.98. The van der Waals surface area contributed by atoms with E-state index in [-0.39, 0.29) is 0 Å². The second-order valence-electron chi connectivity index (χ2n) is 6.84. The Morgan fingerprint density at radius 1 is 1.12 bits per heavy atom. The molecule has 0 radical (unpaired) electrons. The van der Waals surface area contributed by atoms with Gasteiger partial charge in [0.2, 0.25) is 5.89 Å². The topological polar surface area (TPSA) is 47.1 Å². The van der Waals surface area contributed by atoms with Crippen LogP contribution in [0.25, 0.3) is 11.5 Å². The van der Waals surface area contributed by atoms with Crippen LogP contribution in [0.2, 0.25) is 0 Å². The molecule has 0 bridgehead atoms. The largest absolute Gasteiger partial charge is 0.441 e. The van der Waals surface area contributed by atoms with Gasteiger partial charge >= 0.3 is 0 Å². The molecule has 0 saturated heterocycles. The molecule has 0 N–H and O–H groups in total. The van der Waals surface area contributed by atoms with Crippen molar-refractivity contribution < 1.29 is 4.42 Å². The number of hydrogen-bond acceptors (Lipinski definition) is 4. The van der Waals surface area contributed by atoms with E-state index in [9.17, 15) is 0 Å². The molecular weight excluding hydrogens is 312 g/mol. The summed E-state index contributed by atoms with van der Waals surface area (Å²) in [7, 11) is 2.03. The highest BCUT2D eigenvalue weighted by atomic mass is 16.4. The van der Waals surface area contributed by atoms with E-state index in [4.69, 9.17) is 9.40 Å². The van der Waals surface area contributed by atoms with Gasteiger partial charge in [0.1, 0.15) is 11.6 Å². The highest BCUT2D eigenvalue weighted by Gasteiger charge is 2.18. The number of nitrogens with zero attached hydrogens (tertiary/aromatic N) is 4. The van der Waals surface area contributed by atoms with E-state index in [1.807, 2.05) is 26.4 Å². The van der Waals surface area contributed by atoms with Gasteiger partial charge in [0.05, 0.1) is 12.2 Å². The molecular formula is C20H26N4O. The maximum Gasteiger partial charge on any atom is 0.226 e. The molecule has 5 nitrogen and oxygen atoms in total. The van der Waals surface area contributed by atoms with Crippen LogP contribution in [0.5, 0.6) is 0 Å². The van der Waals surface area contributed by atoms with E-state index in [1.54, 1.807) is 0 Å². The fourth-order valence-corrected chi connectivity index (χ4v) is 2.74. The summed E-state index contributed by atoms with van der Waals surface area (Å²) in [5, 5.41) is 0. The SMILES string of the molecule is Cc1ccc(-c2nc(CN(Cc3nccn3C)C(C)C)c(C)o2)cc1. The molecule has 5 heteroatoms. The van der Waals surface area contributed by atoms with Gasteiger partial charge in [-0.1, -0.05) is 17.7 Å². The molecule has 0 aliphatic carbocycles. The standard InChI is InChI=1S/C20H26N4O/c1-14(2)24(13-19-21-10-11-23(19)5)12-18-16(4)25-20(22-18)17-8-6-15(3)7-9-17/h6-11,14H,12-13H2,1-5H3. The van der Waals surface area contributed by atoms with Gasteiger partial charge in [0.15, 0.2) is 0 Å². The van der Waals surface area contributed by atoms with Crippen molar-refractivity contribution in [2.45, 2.75) is 46.8 Å². The van der Waals surface area contributed by atoms with Crippen molar-refractivity contribution in [2.75, 3.05) is 0 Å². The van der Waals surface area contributed by atoms with Gasteiger partial charge in [0, 0.05) is 37.6 Å². The zero-order valence-corrected chi connectivity index (χ0v) is 15.7. The lowest BCUT2D eigenvalue weighted by atomic mass is 10.1. The van der Waals surface area contributed by atoms with Gasteiger partial charge in [0.25, 0.3) is 0 Å². The fourth-order valence-electron chi connectivity index (χ4n) is 2.74. The van der Waals surface area contributed by atoms with Crippen LogP contribution in [0, 0.1) is 13.8 Å². The maximum absolute atomic E-state index is 5.92. The van der Waals surface area contributed by atoms with E-state index in [1.165, 1.54) is 5.56 Å². The third kappa shape index (κ3) is 3.99. The Morgan fingerprint density at radius 2 is 1.84 bits per heavy atom. The number of aromatic nitrogens is 3. The molecule has 0 atom stereocenters. The summed E-state index contributed by atoms with van der Waals surface area (Å²) in [5.74, 6) is 2.61. The fraction of sp³-hybridized carbons (Fsp3) is 0.400. The zero-order chi connectivity index (χ0) is 18.0. The van der Waals surface area contributed by atoms with Crippen molar-refractivity contribution in [1.29, 1.82) is 0 Å². The van der Waals surface area contributed by atoms with Crippen molar-refractivity contribution in [3.63, 3.8) is 0 Å². The molecule has 0 fully saturated rings. The molecule has 2 heterocycles. The van der Waals surface area contributed by atoms with Crippen LogP contribution in [0.15, 0.2) is 41.1 Å². The average Bonchev–Trinajstić information content (AvgIpc) is 3.14.